The summed E-state index contributed by atoms with van der Waals surface area (Å²) in [6.45, 7) is 0.182. The molecule has 0 amide bonds. The summed E-state index contributed by atoms with van der Waals surface area (Å²) < 4.78 is 23.3. The molecular weight excluding hydrogens is 335 g/mol. The van der Waals surface area contributed by atoms with Crippen molar-refractivity contribution in [1.29, 1.82) is 0 Å². The zero-order chi connectivity index (χ0) is 18.4. The lowest BCUT2D eigenvalue weighted by atomic mass is 10.2. The minimum absolute atomic E-state index is 0.182. The highest BCUT2D eigenvalue weighted by Crippen LogP contribution is 2.16. The summed E-state index contributed by atoms with van der Waals surface area (Å²) in [4.78, 5) is 24.0. The Morgan fingerprint density at radius 2 is 1.31 bits per heavy atom. The molecule has 0 unspecified atom stereocenters. The monoisotopic (exact) mass is 350 g/mol. The highest BCUT2D eigenvalue weighted by Gasteiger charge is 2.11. The van der Waals surface area contributed by atoms with Gasteiger partial charge in [-0.25, -0.2) is 14.0 Å². The molecule has 0 spiro atoms. The van der Waals surface area contributed by atoms with Crippen LogP contribution in [-0.4, -0.2) is 11.9 Å². The number of esters is 2. The molecule has 130 valence electrons. The van der Waals surface area contributed by atoms with Gasteiger partial charge in [0, 0.05) is 0 Å². The summed E-state index contributed by atoms with van der Waals surface area (Å²) in [7, 11) is 0. The van der Waals surface area contributed by atoms with Gasteiger partial charge in [-0.15, -0.1) is 0 Å². The fourth-order valence-electron chi connectivity index (χ4n) is 2.22. The van der Waals surface area contributed by atoms with Gasteiger partial charge in [-0.1, -0.05) is 30.3 Å². The normalized spacial score (nSPS) is 10.2. The van der Waals surface area contributed by atoms with Crippen molar-refractivity contribution in [3.8, 4) is 5.75 Å². The molecule has 0 heterocycles. The third-order valence-electron chi connectivity index (χ3n) is 3.59. The van der Waals surface area contributed by atoms with Crippen LogP contribution in [0.15, 0.2) is 78.9 Å². The molecular formula is C21H15FO4. The molecule has 0 fully saturated rings. The number of rotatable bonds is 5. The first-order chi connectivity index (χ1) is 12.6. The molecule has 0 radical (unpaired) electrons. The lowest BCUT2D eigenvalue weighted by molar-refractivity contribution is 0.0472. The van der Waals surface area contributed by atoms with Crippen LogP contribution in [0.25, 0.3) is 0 Å². The van der Waals surface area contributed by atoms with Gasteiger partial charge in [0.25, 0.3) is 0 Å². The largest absolute Gasteiger partial charge is 0.457 e. The number of halogens is 1. The third-order valence-corrected chi connectivity index (χ3v) is 3.59. The van der Waals surface area contributed by atoms with Crippen molar-refractivity contribution < 1.29 is 23.5 Å². The van der Waals surface area contributed by atoms with Crippen LogP contribution in [0.5, 0.6) is 5.75 Å². The highest BCUT2D eigenvalue weighted by molar-refractivity contribution is 5.92. The molecule has 3 aromatic carbocycles. The van der Waals surface area contributed by atoms with E-state index in [2.05, 4.69) is 0 Å². The van der Waals surface area contributed by atoms with E-state index in [4.69, 9.17) is 9.47 Å². The summed E-state index contributed by atoms with van der Waals surface area (Å²) in [5.41, 5.74) is 1.48. The molecule has 0 aliphatic rings. The van der Waals surface area contributed by atoms with Crippen LogP contribution in [-0.2, 0) is 11.3 Å². The zero-order valence-corrected chi connectivity index (χ0v) is 13.7. The molecule has 4 nitrogen and oxygen atoms in total. The Bertz CT molecular complexity index is 888. The van der Waals surface area contributed by atoms with Crippen LogP contribution in [0.2, 0.25) is 0 Å². The number of benzene rings is 3. The molecule has 0 aliphatic carbocycles. The van der Waals surface area contributed by atoms with E-state index in [0.717, 1.165) is 5.56 Å². The molecule has 0 aromatic heterocycles. The average Bonchev–Trinajstić information content (AvgIpc) is 2.68. The second-order valence-electron chi connectivity index (χ2n) is 5.48. The third kappa shape index (κ3) is 4.54. The minimum atomic E-state index is -0.607. The van der Waals surface area contributed by atoms with Crippen LogP contribution < -0.4 is 4.74 Å². The van der Waals surface area contributed by atoms with Gasteiger partial charge in [-0.2, -0.15) is 0 Å². The number of carbonyl (C=O) groups is 2. The fourth-order valence-corrected chi connectivity index (χ4v) is 2.22. The van der Waals surface area contributed by atoms with Crippen molar-refractivity contribution in [1.82, 2.24) is 0 Å². The predicted octanol–water partition coefficient (Wildman–Crippen LogP) is 4.40. The Morgan fingerprint density at radius 1 is 0.731 bits per heavy atom. The van der Waals surface area contributed by atoms with Crippen LogP contribution >= 0.6 is 0 Å². The molecule has 5 heteroatoms. The van der Waals surface area contributed by atoms with Crippen LogP contribution in [0.3, 0.4) is 0 Å². The lowest BCUT2D eigenvalue weighted by Gasteiger charge is -2.07. The van der Waals surface area contributed by atoms with Gasteiger partial charge in [0.2, 0.25) is 0 Å². The SMILES string of the molecule is O=C(OCc1ccccc1)c1ccc(OC(=O)c2ccc(F)cc2)cc1. The predicted molar refractivity (Wildman–Crippen MR) is 93.4 cm³/mol. The molecule has 26 heavy (non-hydrogen) atoms. The van der Waals surface area contributed by atoms with Gasteiger partial charge in [-0.3, -0.25) is 0 Å². The summed E-state index contributed by atoms with van der Waals surface area (Å²) in [5.74, 6) is -1.23. The highest BCUT2D eigenvalue weighted by atomic mass is 19.1. The maximum Gasteiger partial charge on any atom is 0.343 e. The topological polar surface area (TPSA) is 52.6 Å². The van der Waals surface area contributed by atoms with E-state index >= 15 is 0 Å². The quantitative estimate of drug-likeness (QED) is 0.505. The molecule has 0 bridgehead atoms. The van der Waals surface area contributed by atoms with Crippen molar-refractivity contribution in [2.75, 3.05) is 0 Å². The van der Waals surface area contributed by atoms with E-state index in [1.54, 1.807) is 0 Å². The van der Waals surface area contributed by atoms with E-state index in [-0.39, 0.29) is 17.9 Å². The molecule has 0 N–H and O–H groups in total. The van der Waals surface area contributed by atoms with Crippen molar-refractivity contribution in [3.05, 3.63) is 101 Å². The van der Waals surface area contributed by atoms with Crippen LogP contribution in [0, 0.1) is 5.82 Å². The van der Waals surface area contributed by atoms with Gasteiger partial charge in [0.15, 0.2) is 0 Å². The smallest absolute Gasteiger partial charge is 0.343 e. The van der Waals surface area contributed by atoms with E-state index in [1.807, 2.05) is 30.3 Å². The molecule has 3 rings (SSSR count). The van der Waals surface area contributed by atoms with E-state index < -0.39 is 17.8 Å². The summed E-state index contributed by atoms with van der Waals surface area (Å²) in [5, 5.41) is 0. The Hall–Kier alpha value is -3.47. The van der Waals surface area contributed by atoms with Gasteiger partial charge >= 0.3 is 11.9 Å². The Morgan fingerprint density at radius 3 is 1.96 bits per heavy atom. The second-order valence-corrected chi connectivity index (χ2v) is 5.48. The van der Waals surface area contributed by atoms with Crippen LogP contribution in [0.4, 0.5) is 4.39 Å². The maximum absolute atomic E-state index is 12.9. The Kier molecular flexibility index (Phi) is 5.39. The van der Waals surface area contributed by atoms with E-state index in [0.29, 0.717) is 5.56 Å². The standard InChI is InChI=1S/C21H15FO4/c22-18-10-6-17(7-11-18)21(24)26-19-12-8-16(9-13-19)20(23)25-14-15-4-2-1-3-5-15/h1-13H,14H2. The fraction of sp³-hybridized carbons (Fsp3) is 0.0476. The van der Waals surface area contributed by atoms with E-state index in [9.17, 15) is 14.0 Å². The average molecular weight is 350 g/mol. The second kappa shape index (κ2) is 8.07. The Labute approximate surface area is 149 Å². The van der Waals surface area contributed by atoms with Gasteiger partial charge in [0.1, 0.15) is 18.2 Å². The summed E-state index contributed by atoms with van der Waals surface area (Å²) >= 11 is 0. The first-order valence-corrected chi connectivity index (χ1v) is 7.91. The van der Waals surface area contributed by atoms with E-state index in [1.165, 1.54) is 48.5 Å². The van der Waals surface area contributed by atoms with Crippen molar-refractivity contribution in [2.45, 2.75) is 6.61 Å². The van der Waals surface area contributed by atoms with Gasteiger partial charge in [0.05, 0.1) is 11.1 Å². The molecule has 0 saturated heterocycles. The Balaban J connectivity index is 1.58. The minimum Gasteiger partial charge on any atom is -0.457 e. The first kappa shape index (κ1) is 17.4. The molecule has 0 saturated carbocycles. The lowest BCUT2D eigenvalue weighted by Crippen LogP contribution is -2.09. The number of hydrogen-bond donors (Lipinski definition) is 0. The number of hydrogen-bond acceptors (Lipinski definition) is 4. The molecule has 3 aromatic rings. The van der Waals surface area contributed by atoms with Crippen molar-refractivity contribution in [2.24, 2.45) is 0 Å². The summed E-state index contributed by atoms with van der Waals surface area (Å²) in [6.07, 6.45) is 0. The summed E-state index contributed by atoms with van der Waals surface area (Å²) in [6, 6.07) is 20.4. The van der Waals surface area contributed by atoms with Gasteiger partial charge in [-0.05, 0) is 54.1 Å². The van der Waals surface area contributed by atoms with Crippen molar-refractivity contribution >= 4 is 11.9 Å². The number of ether oxygens (including phenoxy) is 2. The molecule has 0 atom stereocenters. The number of carbonyl (C=O) groups excluding carboxylic acids is 2. The zero-order valence-electron chi connectivity index (χ0n) is 13.7. The van der Waals surface area contributed by atoms with Crippen LogP contribution in [0.1, 0.15) is 26.3 Å². The van der Waals surface area contributed by atoms with Crippen molar-refractivity contribution in [3.63, 3.8) is 0 Å². The first-order valence-electron chi connectivity index (χ1n) is 7.91. The van der Waals surface area contributed by atoms with Gasteiger partial charge < -0.3 is 9.47 Å². The maximum atomic E-state index is 12.9. The molecule has 0 aliphatic heterocycles.